The quantitative estimate of drug-likeness (QED) is 0.361. The third-order valence-electron chi connectivity index (χ3n) is 9.11. The number of rotatable bonds is 0. The number of carbonyl (C=O) groups excluding carboxylic acids is 2. The first-order valence-electron chi connectivity index (χ1n) is 11.6. The van der Waals surface area contributed by atoms with Gasteiger partial charge in [0.05, 0.1) is 6.10 Å². The maximum Gasteiger partial charge on any atom is 0.342 e. The summed E-state index contributed by atoms with van der Waals surface area (Å²) in [7, 11) is 0. The Hall–Kier alpha value is -1.21. The Kier molecular flexibility index (Phi) is 5.17. The van der Waals surface area contributed by atoms with E-state index in [1.165, 1.54) is 0 Å². The number of aliphatic hydroxyl groups excluding tert-OH is 1. The van der Waals surface area contributed by atoms with Crippen LogP contribution in [0.15, 0.2) is 0 Å². The Bertz CT molecular complexity index is 1130. The summed E-state index contributed by atoms with van der Waals surface area (Å²) in [5.41, 5.74) is -1.05. The Morgan fingerprint density at radius 1 is 1.03 bits per heavy atom. The van der Waals surface area contributed by atoms with Gasteiger partial charge in [0, 0.05) is 23.3 Å². The number of aromatic hydroxyl groups is 1. The molecule has 0 radical (unpaired) electrons. The number of phenolic OH excluding ortho intramolecular Hbond substituents is 1. The number of Topliss-reactive ketones (excluding diaryl/α,β-unsaturated/α-hetero) is 1. The molecule has 6 atom stereocenters. The number of benzene rings is 1. The number of alkyl halides is 2. The highest BCUT2D eigenvalue weighted by Gasteiger charge is 2.70. The second-order valence-corrected chi connectivity index (χ2v) is 13.4. The first-order chi connectivity index (χ1) is 15.6. The van der Waals surface area contributed by atoms with E-state index < -0.39 is 32.8 Å². The van der Waals surface area contributed by atoms with Crippen LogP contribution >= 0.6 is 34.8 Å². The molecule has 2 aliphatic heterocycles. The molecule has 9 heteroatoms. The Balaban J connectivity index is 1.72. The summed E-state index contributed by atoms with van der Waals surface area (Å²) in [4.78, 5) is 25.8. The second-order valence-electron chi connectivity index (χ2n) is 11.5. The number of phenols is 1. The van der Waals surface area contributed by atoms with Crippen LogP contribution in [0, 0.1) is 22.7 Å². The molecule has 0 saturated heterocycles. The fourth-order valence-electron chi connectivity index (χ4n) is 7.53. The Labute approximate surface area is 213 Å². The van der Waals surface area contributed by atoms with Crippen LogP contribution in [0.2, 0.25) is 5.02 Å². The van der Waals surface area contributed by atoms with E-state index >= 15 is 0 Å². The number of aliphatic hydroxyl groups is 1. The van der Waals surface area contributed by atoms with E-state index in [2.05, 4.69) is 6.92 Å². The van der Waals surface area contributed by atoms with Crippen LogP contribution < -0.4 is 4.74 Å². The zero-order chi connectivity index (χ0) is 25.2. The number of cyclic esters (lactones) is 1. The first-order valence-corrected chi connectivity index (χ1v) is 12.8. The molecule has 0 unspecified atom stereocenters. The summed E-state index contributed by atoms with van der Waals surface area (Å²) >= 11 is 19.8. The van der Waals surface area contributed by atoms with Crippen molar-refractivity contribution in [3.8, 4) is 11.5 Å². The van der Waals surface area contributed by atoms with Gasteiger partial charge in [-0.15, -0.1) is 0 Å². The van der Waals surface area contributed by atoms with E-state index in [1.807, 2.05) is 20.8 Å². The predicted molar refractivity (Wildman–Crippen MR) is 128 cm³/mol. The summed E-state index contributed by atoms with van der Waals surface area (Å²) in [6.07, 6.45) is 0.109. The molecule has 5 rings (SSSR count). The number of ether oxygens (including phenoxy) is 2. The highest BCUT2D eigenvalue weighted by molar-refractivity contribution is 6.59. The van der Waals surface area contributed by atoms with Crippen molar-refractivity contribution in [2.24, 2.45) is 22.7 Å². The van der Waals surface area contributed by atoms with Gasteiger partial charge in [-0.05, 0) is 50.0 Å². The fourth-order valence-corrected chi connectivity index (χ4v) is 8.84. The zero-order valence-electron chi connectivity index (χ0n) is 19.8. The number of carbonyl (C=O) groups is 2. The molecule has 2 saturated carbocycles. The van der Waals surface area contributed by atoms with Gasteiger partial charge in [0.2, 0.25) is 0 Å². The largest absolute Gasteiger partial charge is 0.505 e. The van der Waals surface area contributed by atoms with E-state index in [0.717, 1.165) is 5.56 Å². The number of halogens is 3. The number of esters is 1. The fraction of sp³-hybridized carbons (Fsp3) is 0.680. The van der Waals surface area contributed by atoms with Gasteiger partial charge in [-0.25, -0.2) is 4.79 Å². The van der Waals surface area contributed by atoms with Gasteiger partial charge in [-0.3, -0.25) is 4.79 Å². The monoisotopic (exact) mass is 530 g/mol. The van der Waals surface area contributed by atoms with Gasteiger partial charge >= 0.3 is 5.97 Å². The molecule has 4 aliphatic rings. The van der Waals surface area contributed by atoms with Crippen molar-refractivity contribution in [2.45, 2.75) is 82.4 Å². The third kappa shape index (κ3) is 2.98. The summed E-state index contributed by atoms with van der Waals surface area (Å²) in [6.45, 7) is 9.39. The average Bonchev–Trinajstić information content (AvgIpc) is 2.72. The molecule has 186 valence electrons. The summed E-state index contributed by atoms with van der Waals surface area (Å²) < 4.78 is 10.3. The van der Waals surface area contributed by atoms with E-state index in [4.69, 9.17) is 44.3 Å². The Morgan fingerprint density at radius 2 is 1.68 bits per heavy atom. The lowest BCUT2D eigenvalue weighted by molar-refractivity contribution is -0.213. The third-order valence-corrected chi connectivity index (χ3v) is 10.1. The minimum absolute atomic E-state index is 0.0651. The van der Waals surface area contributed by atoms with Crippen LogP contribution in [0.5, 0.6) is 11.5 Å². The van der Waals surface area contributed by atoms with Gasteiger partial charge < -0.3 is 19.7 Å². The van der Waals surface area contributed by atoms with Gasteiger partial charge in [0.1, 0.15) is 28.0 Å². The van der Waals surface area contributed by atoms with Crippen LogP contribution in [-0.4, -0.2) is 44.1 Å². The van der Waals surface area contributed by atoms with E-state index in [1.54, 1.807) is 6.92 Å². The van der Waals surface area contributed by atoms with Gasteiger partial charge in [-0.2, -0.15) is 0 Å². The lowest BCUT2D eigenvalue weighted by Crippen LogP contribution is -2.70. The molecular formula is C25H29Cl3O6. The summed E-state index contributed by atoms with van der Waals surface area (Å²) in [5, 5.41) is 22.1. The van der Waals surface area contributed by atoms with Crippen molar-refractivity contribution in [3.05, 3.63) is 21.7 Å². The predicted octanol–water partition coefficient (Wildman–Crippen LogP) is 5.02. The average molecular weight is 532 g/mol. The molecular weight excluding hydrogens is 503 g/mol. The SMILES string of the molecule is C[C@@H]1Cc2c3c(c(Cl)c(O)c2C(=O)O1)O[C@@]1(C)[C@@H](O)C[C@H]2C(C)(C)C(=O)C(Cl)(Cl)C[C@]2(C)[C@@H]1C3. The minimum atomic E-state index is -1.57. The number of fused-ring (bicyclic) bond motifs is 6. The topological polar surface area (TPSA) is 93.1 Å². The first kappa shape index (κ1) is 24.5. The van der Waals surface area contributed by atoms with Crippen molar-refractivity contribution in [2.75, 3.05) is 0 Å². The van der Waals surface area contributed by atoms with Crippen molar-refractivity contribution in [3.63, 3.8) is 0 Å². The van der Waals surface area contributed by atoms with E-state index in [0.29, 0.717) is 24.8 Å². The maximum absolute atomic E-state index is 13.2. The van der Waals surface area contributed by atoms with E-state index in [9.17, 15) is 19.8 Å². The van der Waals surface area contributed by atoms with Crippen LogP contribution in [0.4, 0.5) is 0 Å². The van der Waals surface area contributed by atoms with Gasteiger partial charge in [-0.1, -0.05) is 55.6 Å². The van der Waals surface area contributed by atoms with Crippen LogP contribution in [0.3, 0.4) is 0 Å². The molecule has 1 aromatic rings. The van der Waals surface area contributed by atoms with Crippen molar-refractivity contribution in [1.82, 2.24) is 0 Å². The minimum Gasteiger partial charge on any atom is -0.505 e. The van der Waals surface area contributed by atoms with Crippen molar-refractivity contribution >= 4 is 46.6 Å². The van der Waals surface area contributed by atoms with Gasteiger partial charge in [0.25, 0.3) is 0 Å². The Morgan fingerprint density at radius 3 is 2.32 bits per heavy atom. The molecule has 0 bridgehead atoms. The number of hydrogen-bond acceptors (Lipinski definition) is 6. The standard InChI is InChI=1S/C25H29Cl3O6/c1-10-6-11-12-7-14-23(4)9-25(27,28)21(32)22(2,3)13(23)8-15(29)24(14,5)34-19(12)17(26)18(30)16(11)20(31)33-10/h10,13-15,29-30H,6-9H2,1-5H3/t10-,13+,14+,15+,23+,24-/m1/s1. The molecule has 2 N–H and O–H groups in total. The normalized spacial score (nSPS) is 39.7. The molecule has 2 heterocycles. The highest BCUT2D eigenvalue weighted by Crippen LogP contribution is 2.67. The molecule has 34 heavy (non-hydrogen) atoms. The van der Waals surface area contributed by atoms with Gasteiger partial charge in [0.15, 0.2) is 15.9 Å². The smallest absolute Gasteiger partial charge is 0.342 e. The molecule has 2 aliphatic carbocycles. The lowest BCUT2D eigenvalue weighted by Gasteiger charge is -2.65. The highest BCUT2D eigenvalue weighted by atomic mass is 35.5. The van der Waals surface area contributed by atoms with Crippen molar-refractivity contribution in [1.29, 1.82) is 0 Å². The van der Waals surface area contributed by atoms with E-state index in [-0.39, 0.29) is 52.2 Å². The maximum atomic E-state index is 13.2. The molecule has 6 nitrogen and oxygen atoms in total. The van der Waals surface area contributed by atoms with Crippen molar-refractivity contribution < 1.29 is 29.3 Å². The molecule has 0 amide bonds. The second kappa shape index (κ2) is 7.18. The van der Waals surface area contributed by atoms with Crippen LogP contribution in [0.1, 0.15) is 68.9 Å². The number of ketones is 1. The van der Waals surface area contributed by atoms with Crippen LogP contribution in [0.25, 0.3) is 0 Å². The number of hydrogen-bond donors (Lipinski definition) is 2. The lowest BCUT2D eigenvalue weighted by atomic mass is 9.43. The zero-order valence-corrected chi connectivity index (χ0v) is 22.1. The molecule has 2 fully saturated rings. The summed E-state index contributed by atoms with van der Waals surface area (Å²) in [6, 6.07) is 0. The summed E-state index contributed by atoms with van der Waals surface area (Å²) in [5.74, 6) is -1.42. The molecule has 1 aromatic carbocycles. The van der Waals surface area contributed by atoms with Crippen LogP contribution in [-0.2, 0) is 22.4 Å². The molecule has 0 spiro atoms. The molecule has 0 aromatic heterocycles.